The summed E-state index contributed by atoms with van der Waals surface area (Å²) in [5.41, 5.74) is 3.08. The molecule has 1 aromatic carbocycles. The predicted molar refractivity (Wildman–Crippen MR) is 78.3 cm³/mol. The molecule has 0 atom stereocenters. The maximum absolute atomic E-state index is 11.6. The second kappa shape index (κ2) is 5.98. The Balaban J connectivity index is 2.05. The Morgan fingerprint density at radius 3 is 2.75 bits per heavy atom. The minimum atomic E-state index is -0.416. The molecular weight excluding hydrogens is 350 g/mol. The minimum Gasteiger partial charge on any atom is -0.504 e. The lowest BCUT2D eigenvalue weighted by Gasteiger charge is -2.01. The maximum Gasteiger partial charge on any atom is 0.287 e. The zero-order chi connectivity index (χ0) is 14.7. The van der Waals surface area contributed by atoms with Crippen molar-refractivity contribution < 1.29 is 15.0 Å². The summed E-state index contributed by atoms with van der Waals surface area (Å²) in [5, 5.41) is 22.4. The second-order valence-corrected chi connectivity index (χ2v) is 5.12. The molecule has 0 spiro atoms. The number of amides is 1. The molecule has 0 radical (unpaired) electrons. The smallest absolute Gasteiger partial charge is 0.287 e. The van der Waals surface area contributed by atoms with Gasteiger partial charge in [0, 0.05) is 10.7 Å². The number of benzene rings is 1. The number of halogens is 2. The van der Waals surface area contributed by atoms with Crippen molar-refractivity contribution in [3.05, 3.63) is 45.1 Å². The summed E-state index contributed by atoms with van der Waals surface area (Å²) in [6.07, 6.45) is 2.91. The lowest BCUT2D eigenvalue weighted by molar-refractivity contribution is 0.0951. The first-order chi connectivity index (χ1) is 9.47. The fourth-order valence-electron chi connectivity index (χ4n) is 1.40. The Morgan fingerprint density at radius 1 is 1.40 bits per heavy atom. The fourth-order valence-corrected chi connectivity index (χ4v) is 1.97. The largest absolute Gasteiger partial charge is 0.504 e. The summed E-state index contributed by atoms with van der Waals surface area (Å²) in [6.45, 7) is 0. The standard InChI is InChI=1S/C12H9BrClN3O3/c13-7-3-9(15-5-7)12(20)17-16-4-6-1-8(14)11(19)10(18)2-6/h1-5,15,18-19H,(H,17,20)/b16-4+. The average molecular weight is 359 g/mol. The summed E-state index contributed by atoms with van der Waals surface area (Å²) in [5.74, 6) is -1.18. The van der Waals surface area contributed by atoms with Gasteiger partial charge in [-0.2, -0.15) is 5.10 Å². The Kier molecular flexibility index (Phi) is 4.31. The molecule has 1 heterocycles. The molecule has 8 heteroatoms. The molecule has 2 aromatic rings. The number of carbonyl (C=O) groups is 1. The first-order valence-electron chi connectivity index (χ1n) is 5.36. The van der Waals surface area contributed by atoms with Crippen LogP contribution in [0.1, 0.15) is 16.1 Å². The van der Waals surface area contributed by atoms with Gasteiger partial charge in [-0.15, -0.1) is 0 Å². The van der Waals surface area contributed by atoms with Gasteiger partial charge < -0.3 is 15.2 Å². The van der Waals surface area contributed by atoms with E-state index in [0.717, 1.165) is 4.47 Å². The van der Waals surface area contributed by atoms with Gasteiger partial charge in [0.15, 0.2) is 11.5 Å². The Labute approximate surface area is 127 Å². The van der Waals surface area contributed by atoms with Crippen LogP contribution >= 0.6 is 27.5 Å². The molecule has 0 fully saturated rings. The second-order valence-electron chi connectivity index (χ2n) is 3.80. The predicted octanol–water partition coefficient (Wildman–Crippen LogP) is 2.61. The van der Waals surface area contributed by atoms with Crippen molar-refractivity contribution in [2.45, 2.75) is 0 Å². The third-order valence-corrected chi connectivity index (χ3v) is 3.08. The van der Waals surface area contributed by atoms with Crippen molar-refractivity contribution in [2.24, 2.45) is 5.10 Å². The van der Waals surface area contributed by atoms with Crippen molar-refractivity contribution >= 4 is 39.7 Å². The third-order valence-electron chi connectivity index (χ3n) is 2.34. The molecule has 4 N–H and O–H groups in total. The number of aromatic hydroxyl groups is 2. The van der Waals surface area contributed by atoms with Gasteiger partial charge in [-0.3, -0.25) is 4.79 Å². The van der Waals surface area contributed by atoms with Crippen molar-refractivity contribution in [3.8, 4) is 11.5 Å². The van der Waals surface area contributed by atoms with Crippen LogP contribution in [0.3, 0.4) is 0 Å². The molecule has 0 saturated carbocycles. The highest BCUT2D eigenvalue weighted by molar-refractivity contribution is 9.10. The quantitative estimate of drug-likeness (QED) is 0.386. The average Bonchev–Trinajstić information content (AvgIpc) is 2.82. The number of nitrogens with one attached hydrogen (secondary N) is 2. The van der Waals surface area contributed by atoms with Crippen LogP contribution in [0, 0.1) is 0 Å². The number of rotatable bonds is 3. The van der Waals surface area contributed by atoms with Gasteiger partial charge in [0.2, 0.25) is 0 Å². The highest BCUT2D eigenvalue weighted by atomic mass is 79.9. The maximum atomic E-state index is 11.6. The molecule has 0 saturated heterocycles. The number of hydrogen-bond donors (Lipinski definition) is 4. The number of hydrazone groups is 1. The lowest BCUT2D eigenvalue weighted by atomic mass is 10.2. The first-order valence-corrected chi connectivity index (χ1v) is 6.53. The van der Waals surface area contributed by atoms with Crippen LogP contribution in [0.5, 0.6) is 11.5 Å². The van der Waals surface area contributed by atoms with E-state index in [1.165, 1.54) is 18.3 Å². The number of nitrogens with zero attached hydrogens (tertiary/aromatic N) is 1. The summed E-state index contributed by atoms with van der Waals surface area (Å²) in [4.78, 5) is 14.4. The minimum absolute atomic E-state index is 0.00826. The lowest BCUT2D eigenvalue weighted by Crippen LogP contribution is -2.17. The molecule has 0 aliphatic heterocycles. The van der Waals surface area contributed by atoms with Crippen molar-refractivity contribution in [1.82, 2.24) is 10.4 Å². The third kappa shape index (κ3) is 3.31. The van der Waals surface area contributed by atoms with Gasteiger partial charge in [-0.25, -0.2) is 5.43 Å². The van der Waals surface area contributed by atoms with E-state index in [9.17, 15) is 15.0 Å². The van der Waals surface area contributed by atoms with E-state index < -0.39 is 11.7 Å². The summed E-state index contributed by atoms with van der Waals surface area (Å²) in [6, 6.07) is 4.27. The summed E-state index contributed by atoms with van der Waals surface area (Å²) in [7, 11) is 0. The van der Waals surface area contributed by atoms with Gasteiger partial charge in [0.1, 0.15) is 5.69 Å². The molecule has 1 amide bonds. The molecule has 6 nitrogen and oxygen atoms in total. The van der Waals surface area contributed by atoms with Gasteiger partial charge in [-0.1, -0.05) is 11.6 Å². The topological polar surface area (TPSA) is 97.7 Å². The number of carbonyl (C=O) groups excluding carboxylic acids is 1. The van der Waals surface area contributed by atoms with E-state index in [1.807, 2.05) is 0 Å². The molecule has 0 bridgehead atoms. The van der Waals surface area contributed by atoms with Crippen molar-refractivity contribution in [3.63, 3.8) is 0 Å². The molecule has 1 aromatic heterocycles. The highest BCUT2D eigenvalue weighted by Crippen LogP contribution is 2.33. The number of H-pyrrole nitrogens is 1. The van der Waals surface area contributed by atoms with E-state index >= 15 is 0 Å². The van der Waals surface area contributed by atoms with Gasteiger partial charge >= 0.3 is 0 Å². The Hall–Kier alpha value is -1.99. The van der Waals surface area contributed by atoms with Crippen LogP contribution in [0.25, 0.3) is 0 Å². The van der Waals surface area contributed by atoms with E-state index in [2.05, 4.69) is 31.4 Å². The van der Waals surface area contributed by atoms with Crippen LogP contribution in [0.4, 0.5) is 0 Å². The van der Waals surface area contributed by atoms with E-state index in [4.69, 9.17) is 11.6 Å². The molecule has 0 unspecified atom stereocenters. The zero-order valence-corrected chi connectivity index (χ0v) is 12.2. The highest BCUT2D eigenvalue weighted by Gasteiger charge is 2.07. The zero-order valence-electron chi connectivity index (χ0n) is 9.89. The molecule has 104 valence electrons. The van der Waals surface area contributed by atoms with Crippen LogP contribution in [-0.2, 0) is 0 Å². The van der Waals surface area contributed by atoms with Gasteiger partial charge in [0.05, 0.1) is 11.2 Å². The molecule has 0 aliphatic rings. The van der Waals surface area contributed by atoms with Crippen LogP contribution < -0.4 is 5.43 Å². The number of phenolic OH excluding ortho intramolecular Hbond substituents is 2. The van der Waals surface area contributed by atoms with E-state index in [1.54, 1.807) is 12.3 Å². The first kappa shape index (κ1) is 14.4. The van der Waals surface area contributed by atoms with Crippen molar-refractivity contribution in [2.75, 3.05) is 0 Å². The number of aromatic amines is 1. The van der Waals surface area contributed by atoms with E-state index in [-0.39, 0.29) is 10.8 Å². The molecular formula is C12H9BrClN3O3. The van der Waals surface area contributed by atoms with E-state index in [0.29, 0.717) is 11.3 Å². The summed E-state index contributed by atoms with van der Waals surface area (Å²) >= 11 is 8.90. The van der Waals surface area contributed by atoms with Crippen LogP contribution in [0.2, 0.25) is 5.02 Å². The summed E-state index contributed by atoms with van der Waals surface area (Å²) < 4.78 is 0.752. The SMILES string of the molecule is O=C(N/N=C/c1cc(O)c(O)c(Cl)c1)c1cc(Br)c[nH]1. The van der Waals surface area contributed by atoms with Crippen LogP contribution in [0.15, 0.2) is 34.0 Å². The monoisotopic (exact) mass is 357 g/mol. The normalized spacial score (nSPS) is 10.9. The fraction of sp³-hybridized carbons (Fsp3) is 0. The number of aromatic nitrogens is 1. The number of hydrogen-bond acceptors (Lipinski definition) is 4. The van der Waals surface area contributed by atoms with Gasteiger partial charge in [-0.05, 0) is 39.7 Å². The molecule has 2 rings (SSSR count). The van der Waals surface area contributed by atoms with Gasteiger partial charge in [0.25, 0.3) is 5.91 Å². The number of phenols is 2. The van der Waals surface area contributed by atoms with Crippen LogP contribution in [-0.4, -0.2) is 27.3 Å². The van der Waals surface area contributed by atoms with Crippen molar-refractivity contribution in [1.29, 1.82) is 0 Å². The Morgan fingerprint density at radius 2 is 2.15 bits per heavy atom. The molecule has 0 aliphatic carbocycles. The Bertz CT molecular complexity index is 661. The molecule has 20 heavy (non-hydrogen) atoms.